The summed E-state index contributed by atoms with van der Waals surface area (Å²) < 4.78 is 1.06. The van der Waals surface area contributed by atoms with Gasteiger partial charge in [0.15, 0.2) is 5.82 Å². The normalized spacial score (nSPS) is 10.4. The maximum absolute atomic E-state index is 4.53. The second kappa shape index (κ2) is 4.95. The zero-order valence-corrected chi connectivity index (χ0v) is 12.1. The largest absolute Gasteiger partial charge is 0.372 e. The van der Waals surface area contributed by atoms with Crippen molar-refractivity contribution in [2.75, 3.05) is 12.4 Å². The van der Waals surface area contributed by atoms with E-state index in [4.69, 9.17) is 0 Å². The van der Waals surface area contributed by atoms with Gasteiger partial charge in [-0.25, -0.2) is 9.97 Å². The fourth-order valence-electron chi connectivity index (χ4n) is 1.57. The Kier molecular flexibility index (Phi) is 3.56. The lowest BCUT2D eigenvalue weighted by molar-refractivity contribution is 1.08. The number of hydrogen-bond acceptors (Lipinski definition) is 4. The highest BCUT2D eigenvalue weighted by Gasteiger charge is 2.11. The number of aromatic nitrogens is 3. The minimum absolute atomic E-state index is 0.743. The second-order valence-corrected chi connectivity index (χ2v) is 4.81. The van der Waals surface area contributed by atoms with E-state index in [2.05, 4.69) is 42.9 Å². The number of nitrogens with one attached hydrogen (secondary N) is 1. The zero-order chi connectivity index (χ0) is 12.4. The van der Waals surface area contributed by atoms with Gasteiger partial charge in [0.05, 0.1) is 9.26 Å². The van der Waals surface area contributed by atoms with Gasteiger partial charge in [0.2, 0.25) is 0 Å². The van der Waals surface area contributed by atoms with Crippen molar-refractivity contribution < 1.29 is 0 Å². The van der Waals surface area contributed by atoms with E-state index in [1.54, 1.807) is 6.20 Å². The molecule has 2 rings (SSSR count). The lowest BCUT2D eigenvalue weighted by Gasteiger charge is -2.09. The quantitative estimate of drug-likeness (QED) is 0.855. The molecule has 0 aliphatic rings. The molecule has 2 aromatic rings. The first kappa shape index (κ1) is 12.2. The maximum Gasteiger partial charge on any atom is 0.162 e. The van der Waals surface area contributed by atoms with Gasteiger partial charge in [-0.2, -0.15) is 0 Å². The molecule has 0 bridgehead atoms. The van der Waals surface area contributed by atoms with Crippen LogP contribution in [0.2, 0.25) is 0 Å². The van der Waals surface area contributed by atoms with Crippen LogP contribution in [0.1, 0.15) is 11.3 Å². The predicted octanol–water partition coefficient (Wildman–Crippen LogP) is 2.80. The Morgan fingerprint density at radius 1 is 1.24 bits per heavy atom. The van der Waals surface area contributed by atoms with Gasteiger partial charge in [-0.15, -0.1) is 0 Å². The van der Waals surface area contributed by atoms with Crippen molar-refractivity contribution in [1.82, 2.24) is 15.0 Å². The summed E-state index contributed by atoms with van der Waals surface area (Å²) >= 11 is 2.25. The van der Waals surface area contributed by atoms with E-state index in [1.165, 1.54) is 0 Å². The van der Waals surface area contributed by atoms with E-state index in [9.17, 15) is 0 Å². The molecule has 0 amide bonds. The molecule has 2 aromatic heterocycles. The van der Waals surface area contributed by atoms with Gasteiger partial charge in [-0.1, -0.05) is 0 Å². The molecule has 5 heteroatoms. The smallest absolute Gasteiger partial charge is 0.162 e. The van der Waals surface area contributed by atoms with Crippen LogP contribution in [0.15, 0.2) is 18.5 Å². The van der Waals surface area contributed by atoms with Gasteiger partial charge in [0.25, 0.3) is 0 Å². The Morgan fingerprint density at radius 2 is 2.00 bits per heavy atom. The molecule has 0 spiro atoms. The zero-order valence-electron chi connectivity index (χ0n) is 9.95. The fourth-order valence-corrected chi connectivity index (χ4v) is 2.08. The Balaban J connectivity index is 2.61. The first-order chi connectivity index (χ1) is 8.13. The summed E-state index contributed by atoms with van der Waals surface area (Å²) in [6, 6.07) is 1.94. The van der Waals surface area contributed by atoms with Crippen LogP contribution in [0.25, 0.3) is 11.4 Å². The highest BCUT2D eigenvalue weighted by Crippen LogP contribution is 2.24. The van der Waals surface area contributed by atoms with Crippen LogP contribution in [0.3, 0.4) is 0 Å². The number of pyridine rings is 1. The van der Waals surface area contributed by atoms with Crippen molar-refractivity contribution in [3.8, 4) is 11.4 Å². The molecule has 17 heavy (non-hydrogen) atoms. The van der Waals surface area contributed by atoms with E-state index in [-0.39, 0.29) is 0 Å². The van der Waals surface area contributed by atoms with Gasteiger partial charge >= 0.3 is 0 Å². The molecule has 0 radical (unpaired) electrons. The maximum atomic E-state index is 4.53. The minimum atomic E-state index is 0.743. The van der Waals surface area contributed by atoms with Crippen LogP contribution in [-0.2, 0) is 0 Å². The Morgan fingerprint density at radius 3 is 2.65 bits per heavy atom. The van der Waals surface area contributed by atoms with Crippen molar-refractivity contribution in [2.45, 2.75) is 13.8 Å². The van der Waals surface area contributed by atoms with Gasteiger partial charge in [-0.3, -0.25) is 4.98 Å². The van der Waals surface area contributed by atoms with Crippen molar-refractivity contribution in [3.05, 3.63) is 33.3 Å². The van der Waals surface area contributed by atoms with Crippen LogP contribution in [-0.4, -0.2) is 22.0 Å². The van der Waals surface area contributed by atoms with Crippen LogP contribution in [0.5, 0.6) is 0 Å². The highest BCUT2D eigenvalue weighted by molar-refractivity contribution is 14.1. The Bertz CT molecular complexity index is 554. The predicted molar refractivity (Wildman–Crippen MR) is 77.0 cm³/mol. The number of halogens is 1. The summed E-state index contributed by atoms with van der Waals surface area (Å²) in [6.45, 7) is 4.00. The minimum Gasteiger partial charge on any atom is -0.372 e. The third kappa shape index (κ3) is 2.38. The highest BCUT2D eigenvalue weighted by atomic mass is 127. The third-order valence-corrected chi connectivity index (χ3v) is 3.81. The first-order valence-electron chi connectivity index (χ1n) is 5.26. The molecular formula is C12H13IN4. The summed E-state index contributed by atoms with van der Waals surface area (Å²) in [6.07, 6.45) is 3.59. The first-order valence-corrected chi connectivity index (χ1v) is 6.34. The molecule has 0 aliphatic carbocycles. The second-order valence-electron chi connectivity index (χ2n) is 3.74. The third-order valence-electron chi connectivity index (χ3n) is 2.51. The average molecular weight is 340 g/mol. The van der Waals surface area contributed by atoms with Crippen LogP contribution in [0, 0.1) is 17.4 Å². The average Bonchev–Trinajstić information content (AvgIpc) is 2.33. The lowest BCUT2D eigenvalue weighted by atomic mass is 10.1. The Hall–Kier alpha value is -1.24. The lowest BCUT2D eigenvalue weighted by Crippen LogP contribution is -2.03. The fraction of sp³-hybridized carbons (Fsp3) is 0.250. The SMILES string of the molecule is CNc1nc(-c2ccncc2C)nc(C)c1I. The van der Waals surface area contributed by atoms with Crippen molar-refractivity contribution in [2.24, 2.45) is 0 Å². The van der Waals surface area contributed by atoms with Gasteiger partial charge < -0.3 is 5.32 Å². The topological polar surface area (TPSA) is 50.7 Å². The number of anilines is 1. The van der Waals surface area contributed by atoms with Crippen LogP contribution >= 0.6 is 22.6 Å². The van der Waals surface area contributed by atoms with E-state index < -0.39 is 0 Å². The summed E-state index contributed by atoms with van der Waals surface area (Å²) in [5.41, 5.74) is 3.09. The standard InChI is InChI=1S/C12H13IN4/c1-7-6-15-5-4-9(7)11-16-8(2)10(13)12(14-3)17-11/h4-6H,1-3H3,(H,14,16,17). The summed E-state index contributed by atoms with van der Waals surface area (Å²) in [5, 5.41) is 3.09. The molecule has 1 N–H and O–H groups in total. The number of nitrogens with zero attached hydrogens (tertiary/aromatic N) is 3. The number of rotatable bonds is 2. The van der Waals surface area contributed by atoms with E-state index in [0.717, 1.165) is 32.0 Å². The van der Waals surface area contributed by atoms with Crippen LogP contribution < -0.4 is 5.32 Å². The molecule has 0 atom stereocenters. The molecule has 4 nitrogen and oxygen atoms in total. The van der Waals surface area contributed by atoms with E-state index in [0.29, 0.717) is 0 Å². The summed E-state index contributed by atoms with van der Waals surface area (Å²) in [7, 11) is 1.87. The van der Waals surface area contributed by atoms with Gasteiger partial charge in [0, 0.05) is 25.0 Å². The molecule has 0 unspecified atom stereocenters. The van der Waals surface area contributed by atoms with Crippen LogP contribution in [0.4, 0.5) is 5.82 Å². The summed E-state index contributed by atoms with van der Waals surface area (Å²) in [5.74, 6) is 1.61. The molecule has 0 saturated heterocycles. The Labute approximate surface area is 114 Å². The number of hydrogen-bond donors (Lipinski definition) is 1. The monoisotopic (exact) mass is 340 g/mol. The van der Waals surface area contributed by atoms with Crippen molar-refractivity contribution >= 4 is 28.4 Å². The van der Waals surface area contributed by atoms with Gasteiger partial charge in [-0.05, 0) is 48.1 Å². The number of aryl methyl sites for hydroxylation is 2. The van der Waals surface area contributed by atoms with Gasteiger partial charge in [0.1, 0.15) is 5.82 Å². The molecule has 0 saturated carbocycles. The van der Waals surface area contributed by atoms with Crippen molar-refractivity contribution in [1.29, 1.82) is 0 Å². The molecule has 0 aliphatic heterocycles. The van der Waals surface area contributed by atoms with E-state index in [1.807, 2.05) is 33.2 Å². The molecular weight excluding hydrogens is 327 g/mol. The molecule has 2 heterocycles. The molecule has 88 valence electrons. The van der Waals surface area contributed by atoms with Crippen molar-refractivity contribution in [3.63, 3.8) is 0 Å². The molecule has 0 fully saturated rings. The summed E-state index contributed by atoms with van der Waals surface area (Å²) in [4.78, 5) is 13.1. The van der Waals surface area contributed by atoms with E-state index >= 15 is 0 Å². The molecule has 0 aromatic carbocycles.